The third-order valence-corrected chi connectivity index (χ3v) is 6.00. The van der Waals surface area contributed by atoms with Gasteiger partial charge in [-0.2, -0.15) is 10.1 Å². The molecule has 0 unspecified atom stereocenters. The van der Waals surface area contributed by atoms with Gasteiger partial charge in [-0.1, -0.05) is 35.5 Å². The molecule has 0 N–H and O–H groups in total. The van der Waals surface area contributed by atoms with Crippen LogP contribution in [-0.4, -0.2) is 37.4 Å². The van der Waals surface area contributed by atoms with Gasteiger partial charge < -0.3 is 4.52 Å². The lowest BCUT2D eigenvalue weighted by Gasteiger charge is -2.24. The van der Waals surface area contributed by atoms with Crippen molar-refractivity contribution < 1.29 is 4.52 Å². The lowest BCUT2D eigenvalue weighted by Crippen LogP contribution is -2.27. The predicted octanol–water partition coefficient (Wildman–Crippen LogP) is 4.21. The number of fused-ring (bicyclic) bond motifs is 1. The minimum atomic E-state index is 0.314. The van der Waals surface area contributed by atoms with Gasteiger partial charge in [0.1, 0.15) is 0 Å². The van der Waals surface area contributed by atoms with Crippen LogP contribution >= 0.6 is 0 Å². The maximum absolute atomic E-state index is 5.59. The molecule has 3 aromatic rings. The molecule has 0 bridgehead atoms. The van der Waals surface area contributed by atoms with E-state index in [0.717, 1.165) is 24.5 Å². The van der Waals surface area contributed by atoms with Crippen molar-refractivity contribution in [3.63, 3.8) is 0 Å². The molecule has 2 aliphatic rings. The van der Waals surface area contributed by atoms with Crippen LogP contribution in [0.2, 0.25) is 0 Å². The molecule has 6 heteroatoms. The Bertz CT molecular complexity index is 916. The van der Waals surface area contributed by atoms with Gasteiger partial charge in [0.2, 0.25) is 0 Å². The third kappa shape index (κ3) is 2.88. The lowest BCUT2D eigenvalue weighted by molar-refractivity contribution is 0.243. The number of hydrogen-bond donors (Lipinski definition) is 0. The van der Waals surface area contributed by atoms with Crippen molar-refractivity contribution in [3.05, 3.63) is 54.0 Å². The van der Waals surface area contributed by atoms with Crippen LogP contribution in [0.3, 0.4) is 0 Å². The standard InChI is InChI=1S/C21H25N5O/c1-14(2)26-12-10-17(23-26)21-22-20(24-27-21)16-13-19(15-7-4-3-5-8-15)25-11-6-9-18(16)25/h3-5,7-8,10,12,14,16,18-19H,6,9,11,13H2,1-2H3/t16-,18+,19-/m1/s1. The maximum atomic E-state index is 5.59. The van der Waals surface area contributed by atoms with Crippen LogP contribution in [0.1, 0.15) is 62.5 Å². The number of hydrogen-bond acceptors (Lipinski definition) is 5. The van der Waals surface area contributed by atoms with Gasteiger partial charge in [0, 0.05) is 30.2 Å². The molecule has 27 heavy (non-hydrogen) atoms. The molecule has 2 aromatic heterocycles. The Labute approximate surface area is 159 Å². The molecule has 3 atom stereocenters. The van der Waals surface area contributed by atoms with Crippen molar-refractivity contribution in [1.29, 1.82) is 0 Å². The third-order valence-electron chi connectivity index (χ3n) is 6.00. The first kappa shape index (κ1) is 16.7. The number of nitrogens with zero attached hydrogens (tertiary/aromatic N) is 5. The van der Waals surface area contributed by atoms with Crippen molar-refractivity contribution in [2.45, 2.75) is 57.2 Å². The first-order valence-electron chi connectivity index (χ1n) is 9.90. The molecule has 2 fully saturated rings. The zero-order valence-electron chi connectivity index (χ0n) is 15.8. The molecular weight excluding hydrogens is 338 g/mol. The Balaban J connectivity index is 1.42. The van der Waals surface area contributed by atoms with Gasteiger partial charge in [0.25, 0.3) is 5.89 Å². The second-order valence-electron chi connectivity index (χ2n) is 7.95. The number of aromatic nitrogens is 4. The van der Waals surface area contributed by atoms with Gasteiger partial charge in [-0.05, 0) is 51.3 Å². The molecule has 0 aliphatic carbocycles. The molecule has 0 amide bonds. The molecule has 1 aromatic carbocycles. The number of benzene rings is 1. The minimum absolute atomic E-state index is 0.314. The molecule has 4 heterocycles. The van der Waals surface area contributed by atoms with E-state index in [4.69, 9.17) is 9.51 Å². The summed E-state index contributed by atoms with van der Waals surface area (Å²) < 4.78 is 7.51. The van der Waals surface area contributed by atoms with Crippen LogP contribution in [0.25, 0.3) is 11.6 Å². The summed E-state index contributed by atoms with van der Waals surface area (Å²) in [6.07, 6.45) is 5.46. The molecule has 2 aliphatic heterocycles. The summed E-state index contributed by atoms with van der Waals surface area (Å²) in [7, 11) is 0. The van der Waals surface area contributed by atoms with E-state index in [-0.39, 0.29) is 0 Å². The van der Waals surface area contributed by atoms with Gasteiger partial charge in [-0.15, -0.1) is 0 Å². The van der Waals surface area contributed by atoms with E-state index in [0.29, 0.717) is 29.9 Å². The fraction of sp³-hybridized carbons (Fsp3) is 0.476. The average molecular weight is 363 g/mol. The summed E-state index contributed by atoms with van der Waals surface area (Å²) in [5.74, 6) is 1.68. The van der Waals surface area contributed by atoms with E-state index in [1.165, 1.54) is 18.4 Å². The summed E-state index contributed by atoms with van der Waals surface area (Å²) in [5.41, 5.74) is 2.15. The molecule has 6 nitrogen and oxygen atoms in total. The normalized spacial score (nSPS) is 25.4. The Kier molecular flexibility index (Phi) is 4.08. The van der Waals surface area contributed by atoms with Gasteiger partial charge in [-0.3, -0.25) is 9.58 Å². The highest BCUT2D eigenvalue weighted by molar-refractivity contribution is 5.45. The summed E-state index contributed by atoms with van der Waals surface area (Å²) in [4.78, 5) is 7.39. The molecule has 0 spiro atoms. The zero-order valence-corrected chi connectivity index (χ0v) is 15.8. The fourth-order valence-corrected chi connectivity index (χ4v) is 4.68. The van der Waals surface area contributed by atoms with E-state index < -0.39 is 0 Å². The van der Waals surface area contributed by atoms with Crippen LogP contribution in [0.4, 0.5) is 0 Å². The SMILES string of the molecule is CC(C)n1ccc(-c2nc([C@@H]3C[C@H](c4ccccc4)N4CCC[C@@H]34)no2)n1. The van der Waals surface area contributed by atoms with Gasteiger partial charge in [0.05, 0.1) is 0 Å². The van der Waals surface area contributed by atoms with Crippen LogP contribution in [-0.2, 0) is 0 Å². The van der Waals surface area contributed by atoms with Crippen LogP contribution < -0.4 is 0 Å². The first-order chi connectivity index (χ1) is 13.2. The average Bonchev–Trinajstić information content (AvgIpc) is 3.43. The summed E-state index contributed by atoms with van der Waals surface area (Å²) in [6, 6.07) is 14.0. The van der Waals surface area contributed by atoms with Crippen molar-refractivity contribution in [2.24, 2.45) is 0 Å². The molecule has 0 saturated carbocycles. The van der Waals surface area contributed by atoms with Gasteiger partial charge in [0.15, 0.2) is 11.5 Å². The zero-order chi connectivity index (χ0) is 18.4. The van der Waals surface area contributed by atoms with E-state index in [2.05, 4.69) is 59.3 Å². The maximum Gasteiger partial charge on any atom is 0.278 e. The van der Waals surface area contributed by atoms with Crippen molar-refractivity contribution in [3.8, 4) is 11.6 Å². The van der Waals surface area contributed by atoms with E-state index in [9.17, 15) is 0 Å². The molecular formula is C21H25N5O. The quantitative estimate of drug-likeness (QED) is 0.695. The first-order valence-corrected chi connectivity index (χ1v) is 9.90. The minimum Gasteiger partial charge on any atom is -0.332 e. The molecule has 2 saturated heterocycles. The Morgan fingerprint density at radius 1 is 1.15 bits per heavy atom. The number of rotatable bonds is 4. The Morgan fingerprint density at radius 3 is 2.78 bits per heavy atom. The molecule has 140 valence electrons. The summed E-state index contributed by atoms with van der Waals surface area (Å²) >= 11 is 0. The largest absolute Gasteiger partial charge is 0.332 e. The van der Waals surface area contributed by atoms with Crippen molar-refractivity contribution >= 4 is 0 Å². The second-order valence-corrected chi connectivity index (χ2v) is 7.95. The topological polar surface area (TPSA) is 60.0 Å². The lowest BCUT2D eigenvalue weighted by atomic mass is 9.94. The highest BCUT2D eigenvalue weighted by Gasteiger charge is 2.46. The molecule has 5 rings (SSSR count). The van der Waals surface area contributed by atoms with Crippen LogP contribution in [0.5, 0.6) is 0 Å². The Hall–Kier alpha value is -2.47. The van der Waals surface area contributed by atoms with Gasteiger partial charge >= 0.3 is 0 Å². The second kappa shape index (κ2) is 6.60. The van der Waals surface area contributed by atoms with Gasteiger partial charge in [-0.25, -0.2) is 0 Å². The van der Waals surface area contributed by atoms with E-state index in [1.54, 1.807) is 0 Å². The van der Waals surface area contributed by atoms with E-state index in [1.807, 2.05) is 16.9 Å². The van der Waals surface area contributed by atoms with E-state index >= 15 is 0 Å². The fourth-order valence-electron chi connectivity index (χ4n) is 4.68. The summed E-state index contributed by atoms with van der Waals surface area (Å²) in [5, 5.41) is 8.91. The van der Waals surface area contributed by atoms with Crippen LogP contribution in [0.15, 0.2) is 47.1 Å². The van der Waals surface area contributed by atoms with Crippen molar-refractivity contribution in [1.82, 2.24) is 24.8 Å². The van der Waals surface area contributed by atoms with Crippen molar-refractivity contribution in [2.75, 3.05) is 6.54 Å². The predicted molar refractivity (Wildman–Crippen MR) is 102 cm³/mol. The monoisotopic (exact) mass is 363 g/mol. The summed E-state index contributed by atoms with van der Waals surface area (Å²) in [6.45, 7) is 5.37. The van der Waals surface area contributed by atoms with Crippen LogP contribution in [0, 0.1) is 0 Å². The Morgan fingerprint density at radius 2 is 2.00 bits per heavy atom. The highest BCUT2D eigenvalue weighted by Crippen LogP contribution is 2.48. The smallest absolute Gasteiger partial charge is 0.278 e. The molecule has 0 radical (unpaired) electrons. The highest BCUT2D eigenvalue weighted by atomic mass is 16.5.